The number of ketones is 1. The highest BCUT2D eigenvalue weighted by Gasteiger charge is 2.21. The van der Waals surface area contributed by atoms with Gasteiger partial charge in [-0.1, -0.05) is 46.5 Å². The van der Waals surface area contributed by atoms with E-state index in [4.69, 9.17) is 0 Å². The van der Waals surface area contributed by atoms with Gasteiger partial charge in [0, 0.05) is 6.42 Å². The van der Waals surface area contributed by atoms with Crippen molar-refractivity contribution in [1.29, 1.82) is 0 Å². The van der Waals surface area contributed by atoms with Gasteiger partial charge < -0.3 is 10.2 Å². The molecule has 0 aliphatic heterocycles. The highest BCUT2D eigenvalue weighted by atomic mass is 16.3. The summed E-state index contributed by atoms with van der Waals surface area (Å²) < 4.78 is 0. The zero-order chi connectivity index (χ0) is 12.6. The average Bonchev–Trinajstić information content (AvgIpc) is 2.25. The van der Waals surface area contributed by atoms with E-state index in [-0.39, 0.29) is 12.2 Å². The van der Waals surface area contributed by atoms with Gasteiger partial charge in [-0.25, -0.2) is 0 Å². The first-order valence-corrected chi connectivity index (χ1v) is 6.37. The number of hydrogen-bond acceptors (Lipinski definition) is 3. The zero-order valence-electron chi connectivity index (χ0n) is 10.8. The molecule has 0 saturated heterocycles. The first kappa shape index (κ1) is 15.6. The Bertz CT molecular complexity index is 190. The number of hydrogen-bond donors (Lipinski definition) is 2. The maximum absolute atomic E-state index is 11.1. The lowest BCUT2D eigenvalue weighted by molar-refractivity contribution is -0.132. The maximum Gasteiger partial charge on any atom is 0.163 e. The van der Waals surface area contributed by atoms with E-state index in [1.165, 1.54) is 6.42 Å². The minimum Gasteiger partial charge on any atom is -0.390 e. The van der Waals surface area contributed by atoms with Crippen LogP contribution in [-0.2, 0) is 4.79 Å². The van der Waals surface area contributed by atoms with Crippen molar-refractivity contribution < 1.29 is 15.0 Å². The van der Waals surface area contributed by atoms with Gasteiger partial charge in [0.05, 0.1) is 6.10 Å². The number of unbranched alkanes of at least 4 members (excludes halogenated alkanes) is 2. The molecule has 16 heavy (non-hydrogen) atoms. The van der Waals surface area contributed by atoms with E-state index < -0.39 is 12.2 Å². The number of Topliss-reactive ketones (excluding diaryl/α,β-unsaturated/α-hetero) is 1. The highest BCUT2D eigenvalue weighted by molar-refractivity contribution is 5.83. The Morgan fingerprint density at radius 2 is 1.62 bits per heavy atom. The van der Waals surface area contributed by atoms with Gasteiger partial charge in [0.25, 0.3) is 0 Å². The highest BCUT2D eigenvalue weighted by Crippen LogP contribution is 2.12. The molecule has 0 aromatic carbocycles. The molecule has 3 nitrogen and oxygen atoms in total. The number of carbonyl (C=O) groups is 1. The number of carbonyl (C=O) groups excluding carboxylic acids is 1. The largest absolute Gasteiger partial charge is 0.390 e. The normalized spacial score (nSPS) is 15.1. The molecule has 0 heterocycles. The second kappa shape index (κ2) is 8.71. The quantitative estimate of drug-likeness (QED) is 0.597. The third-order valence-electron chi connectivity index (χ3n) is 2.82. The van der Waals surface area contributed by atoms with E-state index in [0.29, 0.717) is 6.42 Å². The van der Waals surface area contributed by atoms with Crippen molar-refractivity contribution in [2.24, 2.45) is 5.92 Å². The zero-order valence-corrected chi connectivity index (χ0v) is 10.8. The van der Waals surface area contributed by atoms with Crippen LogP contribution in [0.1, 0.15) is 59.3 Å². The molecule has 0 aliphatic rings. The molecule has 0 aromatic heterocycles. The molecule has 0 rings (SSSR count). The van der Waals surface area contributed by atoms with Gasteiger partial charge in [-0.15, -0.1) is 0 Å². The van der Waals surface area contributed by atoms with E-state index in [1.807, 2.05) is 0 Å². The van der Waals surface area contributed by atoms with Crippen LogP contribution in [0.5, 0.6) is 0 Å². The van der Waals surface area contributed by atoms with E-state index in [9.17, 15) is 15.0 Å². The Labute approximate surface area is 98.9 Å². The van der Waals surface area contributed by atoms with Crippen molar-refractivity contribution in [1.82, 2.24) is 0 Å². The lowest BCUT2D eigenvalue weighted by Gasteiger charge is -2.15. The summed E-state index contributed by atoms with van der Waals surface area (Å²) in [6.45, 7) is 6.08. The van der Waals surface area contributed by atoms with Crippen LogP contribution in [0.25, 0.3) is 0 Å². The van der Waals surface area contributed by atoms with Crippen LogP contribution < -0.4 is 0 Å². The molecule has 0 radical (unpaired) electrons. The molecule has 0 spiro atoms. The SMILES string of the molecule is CCC(=O)C(O)C(O)CCCCCC(C)C. The van der Waals surface area contributed by atoms with Crippen molar-refractivity contribution in [2.45, 2.75) is 71.5 Å². The van der Waals surface area contributed by atoms with Gasteiger partial charge in [0.1, 0.15) is 6.10 Å². The Kier molecular flexibility index (Phi) is 8.49. The second-order valence-corrected chi connectivity index (χ2v) is 4.86. The molecule has 0 bridgehead atoms. The van der Waals surface area contributed by atoms with Crippen molar-refractivity contribution >= 4 is 5.78 Å². The Hall–Kier alpha value is -0.410. The van der Waals surface area contributed by atoms with Gasteiger partial charge in [-0.2, -0.15) is 0 Å². The predicted octanol–water partition coefficient (Wildman–Crippen LogP) is 2.29. The summed E-state index contributed by atoms with van der Waals surface area (Å²) in [4.78, 5) is 11.1. The first-order chi connectivity index (χ1) is 7.49. The maximum atomic E-state index is 11.1. The fourth-order valence-corrected chi connectivity index (χ4v) is 1.66. The lowest BCUT2D eigenvalue weighted by Crippen LogP contribution is -2.33. The second-order valence-electron chi connectivity index (χ2n) is 4.86. The smallest absolute Gasteiger partial charge is 0.163 e. The van der Waals surface area contributed by atoms with Crippen molar-refractivity contribution in [2.75, 3.05) is 0 Å². The molecule has 96 valence electrons. The van der Waals surface area contributed by atoms with Crippen molar-refractivity contribution in [3.05, 3.63) is 0 Å². The van der Waals surface area contributed by atoms with Gasteiger partial charge in [-0.05, 0) is 12.3 Å². The molecule has 0 saturated carbocycles. The molecule has 0 amide bonds. The molecular weight excluding hydrogens is 204 g/mol. The molecule has 2 N–H and O–H groups in total. The molecular formula is C13H26O3. The third kappa shape index (κ3) is 6.96. The first-order valence-electron chi connectivity index (χ1n) is 6.37. The van der Waals surface area contributed by atoms with Gasteiger partial charge >= 0.3 is 0 Å². The summed E-state index contributed by atoms with van der Waals surface area (Å²) in [5.41, 5.74) is 0. The lowest BCUT2D eigenvalue weighted by atomic mass is 9.99. The van der Waals surface area contributed by atoms with Crippen LogP contribution in [-0.4, -0.2) is 28.2 Å². The van der Waals surface area contributed by atoms with Crippen LogP contribution in [0.15, 0.2) is 0 Å². The number of rotatable bonds is 9. The molecule has 0 fully saturated rings. The van der Waals surface area contributed by atoms with E-state index in [2.05, 4.69) is 13.8 Å². The number of aliphatic hydroxyl groups is 2. The molecule has 0 aromatic rings. The Balaban J connectivity index is 3.57. The third-order valence-corrected chi connectivity index (χ3v) is 2.82. The minimum absolute atomic E-state index is 0.269. The topological polar surface area (TPSA) is 57.5 Å². The van der Waals surface area contributed by atoms with Crippen LogP contribution in [0.2, 0.25) is 0 Å². The standard InChI is InChI=1S/C13H26O3/c1-4-11(14)13(16)12(15)9-7-5-6-8-10(2)3/h10,12-13,15-16H,4-9H2,1-3H3. The van der Waals surface area contributed by atoms with Crippen molar-refractivity contribution in [3.8, 4) is 0 Å². The molecule has 3 heteroatoms. The van der Waals surface area contributed by atoms with Gasteiger partial charge in [-0.3, -0.25) is 4.79 Å². The minimum atomic E-state index is -1.19. The summed E-state index contributed by atoms with van der Waals surface area (Å²) >= 11 is 0. The van der Waals surface area contributed by atoms with Gasteiger partial charge in [0.2, 0.25) is 0 Å². The van der Waals surface area contributed by atoms with E-state index in [1.54, 1.807) is 6.92 Å². The van der Waals surface area contributed by atoms with Gasteiger partial charge in [0.15, 0.2) is 5.78 Å². The summed E-state index contributed by atoms with van der Waals surface area (Å²) in [5, 5.41) is 19.0. The molecule has 2 atom stereocenters. The van der Waals surface area contributed by atoms with E-state index in [0.717, 1.165) is 25.2 Å². The summed E-state index contributed by atoms with van der Waals surface area (Å²) in [7, 11) is 0. The van der Waals surface area contributed by atoms with E-state index >= 15 is 0 Å². The van der Waals surface area contributed by atoms with Crippen molar-refractivity contribution in [3.63, 3.8) is 0 Å². The molecule has 0 aliphatic carbocycles. The predicted molar refractivity (Wildman–Crippen MR) is 65.2 cm³/mol. The van der Waals surface area contributed by atoms with Crippen LogP contribution in [0.4, 0.5) is 0 Å². The Morgan fingerprint density at radius 1 is 1.06 bits per heavy atom. The van der Waals surface area contributed by atoms with Crippen LogP contribution in [0.3, 0.4) is 0 Å². The summed E-state index contributed by atoms with van der Waals surface area (Å²) in [6, 6.07) is 0. The summed E-state index contributed by atoms with van der Waals surface area (Å²) in [6.07, 6.45) is 3.02. The molecule has 2 unspecified atom stereocenters. The number of aliphatic hydroxyl groups excluding tert-OH is 2. The monoisotopic (exact) mass is 230 g/mol. The fourth-order valence-electron chi connectivity index (χ4n) is 1.66. The summed E-state index contributed by atoms with van der Waals surface area (Å²) in [5.74, 6) is 0.451. The fraction of sp³-hybridized carbons (Fsp3) is 0.923. The average molecular weight is 230 g/mol. The van der Waals surface area contributed by atoms with Crippen LogP contribution >= 0.6 is 0 Å². The Morgan fingerprint density at radius 3 is 2.12 bits per heavy atom. The van der Waals surface area contributed by atoms with Crippen LogP contribution in [0, 0.1) is 5.92 Å².